The van der Waals surface area contributed by atoms with Crippen LogP contribution in [0, 0.1) is 0 Å². The number of carbonyl (C=O) groups is 2. The van der Waals surface area contributed by atoms with Crippen molar-refractivity contribution in [1.82, 2.24) is 14.5 Å². The van der Waals surface area contributed by atoms with Crippen LogP contribution in [0.3, 0.4) is 0 Å². The molecule has 130 valence electrons. The number of amides is 2. The van der Waals surface area contributed by atoms with Crippen LogP contribution < -0.4 is 5.56 Å². The highest BCUT2D eigenvalue weighted by molar-refractivity contribution is 6.21. The van der Waals surface area contributed by atoms with Gasteiger partial charge in [-0.3, -0.25) is 19.3 Å². The SMILES string of the molecule is O=C1c2ccccc2C(=O)N1C[C@@H](O)Cn1c(=O)cnc2ccccc21. The van der Waals surface area contributed by atoms with Crippen molar-refractivity contribution in [3.8, 4) is 0 Å². The number of imide groups is 1. The van der Waals surface area contributed by atoms with E-state index in [9.17, 15) is 19.5 Å². The Hall–Kier alpha value is -3.32. The maximum absolute atomic E-state index is 12.4. The summed E-state index contributed by atoms with van der Waals surface area (Å²) in [5.74, 6) is -0.867. The van der Waals surface area contributed by atoms with E-state index in [1.165, 1.54) is 10.8 Å². The van der Waals surface area contributed by atoms with E-state index in [0.29, 0.717) is 22.2 Å². The highest BCUT2D eigenvalue weighted by atomic mass is 16.3. The Morgan fingerprint density at radius 1 is 0.885 bits per heavy atom. The lowest BCUT2D eigenvalue weighted by Crippen LogP contribution is -2.40. The second-order valence-corrected chi connectivity index (χ2v) is 6.12. The van der Waals surface area contributed by atoms with Gasteiger partial charge in [-0.2, -0.15) is 0 Å². The molecule has 1 N–H and O–H groups in total. The van der Waals surface area contributed by atoms with Gasteiger partial charge >= 0.3 is 0 Å². The second kappa shape index (κ2) is 6.20. The minimum Gasteiger partial charge on any atom is -0.389 e. The predicted octanol–water partition coefficient (Wildman–Crippen LogP) is 1.05. The average Bonchev–Trinajstić information content (AvgIpc) is 2.89. The number of aliphatic hydroxyl groups excluding tert-OH is 1. The van der Waals surface area contributed by atoms with Crippen LogP contribution in [0.25, 0.3) is 11.0 Å². The van der Waals surface area contributed by atoms with Gasteiger partial charge in [-0.15, -0.1) is 0 Å². The molecule has 4 rings (SSSR count). The molecule has 7 heteroatoms. The zero-order chi connectivity index (χ0) is 18.3. The molecule has 1 atom stereocenters. The molecule has 0 saturated heterocycles. The van der Waals surface area contributed by atoms with Crippen molar-refractivity contribution in [2.24, 2.45) is 0 Å². The summed E-state index contributed by atoms with van der Waals surface area (Å²) in [7, 11) is 0. The molecule has 0 unspecified atom stereocenters. The van der Waals surface area contributed by atoms with E-state index < -0.39 is 17.9 Å². The summed E-state index contributed by atoms with van der Waals surface area (Å²) >= 11 is 0. The topological polar surface area (TPSA) is 92.5 Å². The molecule has 2 heterocycles. The summed E-state index contributed by atoms with van der Waals surface area (Å²) in [6.07, 6.45) is 0.109. The molecular weight excluding hydrogens is 334 g/mol. The summed E-state index contributed by atoms with van der Waals surface area (Å²) in [6.45, 7) is -0.231. The molecule has 3 aromatic rings. The van der Waals surface area contributed by atoms with Gasteiger partial charge in [0.1, 0.15) is 0 Å². The highest BCUT2D eigenvalue weighted by Gasteiger charge is 2.36. The fourth-order valence-corrected chi connectivity index (χ4v) is 3.19. The zero-order valence-electron chi connectivity index (χ0n) is 13.7. The molecule has 7 nitrogen and oxygen atoms in total. The number of nitrogens with zero attached hydrogens (tertiary/aromatic N) is 3. The fourth-order valence-electron chi connectivity index (χ4n) is 3.19. The van der Waals surface area contributed by atoms with Crippen molar-refractivity contribution < 1.29 is 14.7 Å². The first-order chi connectivity index (χ1) is 12.6. The molecule has 26 heavy (non-hydrogen) atoms. The third-order valence-electron chi connectivity index (χ3n) is 4.42. The lowest BCUT2D eigenvalue weighted by Gasteiger charge is -2.20. The highest BCUT2D eigenvalue weighted by Crippen LogP contribution is 2.22. The Labute approximate surface area is 148 Å². The summed E-state index contributed by atoms with van der Waals surface area (Å²) in [6, 6.07) is 13.6. The van der Waals surface area contributed by atoms with Gasteiger partial charge in [0, 0.05) is 0 Å². The van der Waals surface area contributed by atoms with Crippen LogP contribution in [-0.4, -0.2) is 44.0 Å². The molecule has 2 amide bonds. The van der Waals surface area contributed by atoms with Crippen molar-refractivity contribution in [3.63, 3.8) is 0 Å². The van der Waals surface area contributed by atoms with Gasteiger partial charge in [0.2, 0.25) is 0 Å². The minimum absolute atomic E-state index is 0.0464. The van der Waals surface area contributed by atoms with E-state index in [2.05, 4.69) is 4.98 Å². The van der Waals surface area contributed by atoms with Crippen LogP contribution in [0.2, 0.25) is 0 Å². The number of β-amino-alcohol motifs (C(OH)–C–C–N with tert-alkyl or cyclic N) is 1. The van der Waals surface area contributed by atoms with Gasteiger partial charge in [0.15, 0.2) is 0 Å². The number of benzene rings is 2. The van der Waals surface area contributed by atoms with E-state index in [0.717, 1.165) is 4.90 Å². The van der Waals surface area contributed by atoms with Gasteiger partial charge in [-0.1, -0.05) is 24.3 Å². The lowest BCUT2D eigenvalue weighted by atomic mass is 10.1. The molecule has 0 bridgehead atoms. The molecule has 1 aliphatic heterocycles. The van der Waals surface area contributed by atoms with E-state index in [4.69, 9.17) is 0 Å². The third kappa shape index (κ3) is 2.58. The summed E-state index contributed by atoms with van der Waals surface area (Å²) < 4.78 is 1.39. The Kier molecular flexibility index (Phi) is 3.85. The smallest absolute Gasteiger partial charge is 0.269 e. The van der Waals surface area contributed by atoms with E-state index >= 15 is 0 Å². The van der Waals surface area contributed by atoms with Crippen molar-refractivity contribution in [2.75, 3.05) is 6.54 Å². The van der Waals surface area contributed by atoms with Crippen molar-refractivity contribution in [1.29, 1.82) is 0 Å². The van der Waals surface area contributed by atoms with E-state index in [1.807, 2.05) is 0 Å². The number of hydrogen-bond donors (Lipinski definition) is 1. The van der Waals surface area contributed by atoms with Gasteiger partial charge in [-0.25, -0.2) is 4.98 Å². The van der Waals surface area contributed by atoms with Gasteiger partial charge in [-0.05, 0) is 24.3 Å². The van der Waals surface area contributed by atoms with Crippen LogP contribution in [0.1, 0.15) is 20.7 Å². The fraction of sp³-hybridized carbons (Fsp3) is 0.158. The maximum atomic E-state index is 12.4. The summed E-state index contributed by atoms with van der Waals surface area (Å²) in [4.78, 5) is 42.0. The maximum Gasteiger partial charge on any atom is 0.269 e. The monoisotopic (exact) mass is 349 g/mol. The minimum atomic E-state index is -1.08. The van der Waals surface area contributed by atoms with E-state index in [-0.39, 0.29) is 18.6 Å². The Bertz CT molecular complexity index is 1050. The molecule has 1 aliphatic rings. The van der Waals surface area contributed by atoms with Crippen molar-refractivity contribution in [3.05, 3.63) is 76.2 Å². The molecule has 0 spiro atoms. The standard InChI is InChI=1S/C19H15N3O4/c23-12(10-21-16-8-4-3-7-15(16)20-9-17(21)24)11-22-18(25)13-5-1-2-6-14(13)19(22)26/h1-9,12,23H,10-11H2/t12-/m0/s1. The van der Waals surface area contributed by atoms with Crippen LogP contribution in [0.4, 0.5) is 0 Å². The van der Waals surface area contributed by atoms with Crippen LogP contribution in [0.15, 0.2) is 59.5 Å². The number of para-hydroxylation sites is 2. The second-order valence-electron chi connectivity index (χ2n) is 6.12. The molecule has 0 fully saturated rings. The first-order valence-electron chi connectivity index (χ1n) is 8.14. The number of fused-ring (bicyclic) bond motifs is 2. The Balaban J connectivity index is 1.59. The summed E-state index contributed by atoms with van der Waals surface area (Å²) in [5.41, 5.74) is 1.51. The van der Waals surface area contributed by atoms with Gasteiger partial charge < -0.3 is 9.67 Å². The number of aromatic nitrogens is 2. The lowest BCUT2D eigenvalue weighted by molar-refractivity contribution is 0.0521. The average molecular weight is 349 g/mol. The third-order valence-corrected chi connectivity index (χ3v) is 4.42. The molecule has 0 radical (unpaired) electrons. The molecular formula is C19H15N3O4. The van der Waals surface area contributed by atoms with Crippen molar-refractivity contribution >= 4 is 22.8 Å². The largest absolute Gasteiger partial charge is 0.389 e. The van der Waals surface area contributed by atoms with Gasteiger partial charge in [0.05, 0.1) is 47.6 Å². The molecule has 0 aliphatic carbocycles. The van der Waals surface area contributed by atoms with Crippen molar-refractivity contribution in [2.45, 2.75) is 12.6 Å². The Morgan fingerprint density at radius 2 is 1.50 bits per heavy atom. The number of aliphatic hydroxyl groups is 1. The van der Waals surface area contributed by atoms with Crippen LogP contribution in [-0.2, 0) is 6.54 Å². The zero-order valence-corrected chi connectivity index (χ0v) is 13.7. The first-order valence-corrected chi connectivity index (χ1v) is 8.14. The Morgan fingerprint density at radius 3 is 2.19 bits per heavy atom. The van der Waals surface area contributed by atoms with Gasteiger partial charge in [0.25, 0.3) is 17.4 Å². The van der Waals surface area contributed by atoms with Crippen LogP contribution >= 0.6 is 0 Å². The number of hydrogen-bond acceptors (Lipinski definition) is 5. The normalized spacial score (nSPS) is 14.7. The summed E-state index contributed by atoms with van der Waals surface area (Å²) in [5, 5.41) is 10.4. The number of carbonyl (C=O) groups excluding carboxylic acids is 2. The first kappa shape index (κ1) is 16.2. The quantitative estimate of drug-likeness (QED) is 0.711. The molecule has 1 aromatic heterocycles. The van der Waals surface area contributed by atoms with E-state index in [1.54, 1.807) is 48.5 Å². The predicted molar refractivity (Wildman–Crippen MR) is 93.8 cm³/mol. The molecule has 2 aromatic carbocycles. The number of rotatable bonds is 4. The van der Waals surface area contributed by atoms with Crippen LogP contribution in [0.5, 0.6) is 0 Å². The molecule has 0 saturated carbocycles.